The molecule has 0 spiro atoms. The fourth-order valence-electron chi connectivity index (χ4n) is 3.32. The summed E-state index contributed by atoms with van der Waals surface area (Å²) in [5.41, 5.74) is 2.20. The van der Waals surface area contributed by atoms with Crippen molar-refractivity contribution in [3.05, 3.63) is 62.4 Å². The molecule has 1 aromatic carbocycles. The number of fused-ring (bicyclic) bond motifs is 2. The van der Waals surface area contributed by atoms with Crippen molar-refractivity contribution in [3.63, 3.8) is 0 Å². The Kier molecular flexibility index (Phi) is 4.33. The van der Waals surface area contributed by atoms with E-state index in [0.29, 0.717) is 25.3 Å². The summed E-state index contributed by atoms with van der Waals surface area (Å²) in [6.07, 6.45) is 3.81. The molecule has 134 valence electrons. The summed E-state index contributed by atoms with van der Waals surface area (Å²) in [6.45, 7) is 0.947. The Morgan fingerprint density at radius 1 is 1.38 bits per heavy atom. The highest BCUT2D eigenvalue weighted by Gasteiger charge is 2.33. The number of methoxy groups -OCH3 is 1. The van der Waals surface area contributed by atoms with Gasteiger partial charge in [0.15, 0.2) is 5.82 Å². The minimum absolute atomic E-state index is 0.234. The van der Waals surface area contributed by atoms with Gasteiger partial charge in [0.05, 0.1) is 13.7 Å². The molecule has 26 heavy (non-hydrogen) atoms. The summed E-state index contributed by atoms with van der Waals surface area (Å²) in [4.78, 5) is 28.7. The molecule has 3 aromatic rings. The molecule has 0 bridgehead atoms. The zero-order valence-corrected chi connectivity index (χ0v) is 15.6. The standard InChI is InChI=1S/C17H16BrN5O3/c1-26-17(25)13-7-10-2-3-12(18)6-11(10)8-22(13)9-14-20-21-15-16(24)19-4-5-23(14)15/h2-6,13H,7-9H2,1H3,(H,19,24). The summed E-state index contributed by atoms with van der Waals surface area (Å²) >= 11 is 3.49. The average Bonchev–Trinajstić information content (AvgIpc) is 3.05. The molecular formula is C17H16BrN5O3. The maximum absolute atomic E-state index is 12.3. The fraction of sp³-hybridized carbons (Fsp3) is 0.294. The Hall–Kier alpha value is -2.52. The Morgan fingerprint density at radius 2 is 2.23 bits per heavy atom. The third-order valence-electron chi connectivity index (χ3n) is 4.62. The van der Waals surface area contributed by atoms with Crippen molar-refractivity contribution < 1.29 is 9.53 Å². The van der Waals surface area contributed by atoms with Crippen LogP contribution < -0.4 is 5.56 Å². The van der Waals surface area contributed by atoms with Crippen LogP contribution in [0.4, 0.5) is 0 Å². The molecule has 1 N–H and O–H groups in total. The maximum Gasteiger partial charge on any atom is 0.323 e. The first-order valence-electron chi connectivity index (χ1n) is 8.07. The number of H-pyrrole nitrogens is 1. The lowest BCUT2D eigenvalue weighted by molar-refractivity contribution is -0.148. The van der Waals surface area contributed by atoms with E-state index in [4.69, 9.17) is 4.74 Å². The minimum Gasteiger partial charge on any atom is -0.468 e. The SMILES string of the molecule is COC(=O)C1Cc2ccc(Br)cc2CN1Cc1nnc2c(=O)[nH]ccn12. The number of aromatic nitrogens is 4. The van der Waals surface area contributed by atoms with Crippen LogP contribution in [0, 0.1) is 0 Å². The number of benzene rings is 1. The zero-order chi connectivity index (χ0) is 18.3. The largest absolute Gasteiger partial charge is 0.468 e. The molecule has 8 nitrogen and oxygen atoms in total. The lowest BCUT2D eigenvalue weighted by Crippen LogP contribution is -2.45. The van der Waals surface area contributed by atoms with Crippen LogP contribution in [-0.4, -0.2) is 43.6 Å². The molecular weight excluding hydrogens is 402 g/mol. The van der Waals surface area contributed by atoms with E-state index in [-0.39, 0.29) is 17.2 Å². The zero-order valence-electron chi connectivity index (χ0n) is 14.0. The monoisotopic (exact) mass is 417 g/mol. The van der Waals surface area contributed by atoms with Crippen molar-refractivity contribution >= 4 is 27.5 Å². The van der Waals surface area contributed by atoms with E-state index < -0.39 is 6.04 Å². The number of carbonyl (C=O) groups excluding carboxylic acids is 1. The summed E-state index contributed by atoms with van der Waals surface area (Å²) < 4.78 is 7.63. The first kappa shape index (κ1) is 16.9. The maximum atomic E-state index is 12.3. The van der Waals surface area contributed by atoms with Gasteiger partial charge in [-0.2, -0.15) is 0 Å². The van der Waals surface area contributed by atoms with Crippen molar-refractivity contribution in [1.29, 1.82) is 0 Å². The molecule has 1 aliphatic heterocycles. The number of rotatable bonds is 3. The van der Waals surface area contributed by atoms with Gasteiger partial charge in [-0.3, -0.25) is 18.9 Å². The summed E-state index contributed by atoms with van der Waals surface area (Å²) in [6, 6.07) is 5.64. The van der Waals surface area contributed by atoms with E-state index in [1.165, 1.54) is 7.11 Å². The molecule has 4 rings (SSSR count). The topological polar surface area (TPSA) is 92.6 Å². The summed E-state index contributed by atoms with van der Waals surface area (Å²) in [5, 5.41) is 8.08. The van der Waals surface area contributed by atoms with E-state index in [1.807, 2.05) is 17.0 Å². The van der Waals surface area contributed by atoms with Gasteiger partial charge in [0.25, 0.3) is 5.56 Å². The Balaban J connectivity index is 1.71. The van der Waals surface area contributed by atoms with Gasteiger partial charge < -0.3 is 9.72 Å². The number of hydrogen-bond donors (Lipinski definition) is 1. The summed E-state index contributed by atoms with van der Waals surface area (Å²) in [5.74, 6) is 0.309. The van der Waals surface area contributed by atoms with E-state index in [0.717, 1.165) is 15.6 Å². The van der Waals surface area contributed by atoms with Crippen LogP contribution in [0.2, 0.25) is 0 Å². The third kappa shape index (κ3) is 2.93. The Morgan fingerprint density at radius 3 is 3.04 bits per heavy atom. The number of carbonyl (C=O) groups is 1. The van der Waals surface area contributed by atoms with E-state index >= 15 is 0 Å². The molecule has 0 saturated heterocycles. The third-order valence-corrected chi connectivity index (χ3v) is 5.11. The van der Waals surface area contributed by atoms with Crippen LogP contribution in [0.5, 0.6) is 0 Å². The number of esters is 1. The molecule has 3 heterocycles. The van der Waals surface area contributed by atoms with Crippen molar-refractivity contribution in [2.45, 2.75) is 25.6 Å². The number of ether oxygens (including phenoxy) is 1. The molecule has 0 amide bonds. The second-order valence-electron chi connectivity index (χ2n) is 6.16. The predicted molar refractivity (Wildman–Crippen MR) is 96.5 cm³/mol. The molecule has 2 aromatic heterocycles. The number of nitrogens with zero attached hydrogens (tertiary/aromatic N) is 4. The molecule has 0 aliphatic carbocycles. The fourth-order valence-corrected chi connectivity index (χ4v) is 3.73. The van der Waals surface area contributed by atoms with Gasteiger partial charge in [0, 0.05) is 23.4 Å². The minimum atomic E-state index is -0.414. The highest BCUT2D eigenvalue weighted by Crippen LogP contribution is 2.27. The molecule has 1 unspecified atom stereocenters. The number of nitrogens with one attached hydrogen (secondary N) is 1. The predicted octanol–water partition coefficient (Wildman–Crippen LogP) is 1.28. The Labute approximate surface area is 156 Å². The number of halogens is 1. The van der Waals surface area contributed by atoms with Crippen molar-refractivity contribution in [1.82, 2.24) is 24.5 Å². The van der Waals surface area contributed by atoms with Crippen LogP contribution in [0.15, 0.2) is 39.9 Å². The summed E-state index contributed by atoms with van der Waals surface area (Å²) in [7, 11) is 1.39. The second-order valence-corrected chi connectivity index (χ2v) is 7.08. The van der Waals surface area contributed by atoms with Gasteiger partial charge in [-0.1, -0.05) is 22.0 Å². The molecule has 0 saturated carbocycles. The quantitative estimate of drug-likeness (QED) is 0.645. The van der Waals surface area contributed by atoms with Gasteiger partial charge >= 0.3 is 5.97 Å². The van der Waals surface area contributed by atoms with E-state index in [1.54, 1.807) is 16.8 Å². The van der Waals surface area contributed by atoms with E-state index in [2.05, 4.69) is 37.2 Å². The lowest BCUT2D eigenvalue weighted by atomic mass is 9.94. The smallest absolute Gasteiger partial charge is 0.323 e. The van der Waals surface area contributed by atoms with Crippen molar-refractivity contribution in [3.8, 4) is 0 Å². The molecule has 1 aliphatic rings. The van der Waals surface area contributed by atoms with Gasteiger partial charge in [-0.05, 0) is 29.7 Å². The number of aromatic amines is 1. The first-order chi connectivity index (χ1) is 12.6. The van der Waals surface area contributed by atoms with Crippen molar-refractivity contribution in [2.24, 2.45) is 0 Å². The highest BCUT2D eigenvalue weighted by atomic mass is 79.9. The van der Waals surface area contributed by atoms with Gasteiger partial charge in [0.1, 0.15) is 6.04 Å². The van der Waals surface area contributed by atoms with Crippen LogP contribution in [0.25, 0.3) is 5.65 Å². The van der Waals surface area contributed by atoms with Crippen molar-refractivity contribution in [2.75, 3.05) is 7.11 Å². The normalized spacial score (nSPS) is 17.2. The second kappa shape index (κ2) is 6.65. The van der Waals surface area contributed by atoms with Crippen LogP contribution in [0.1, 0.15) is 17.0 Å². The van der Waals surface area contributed by atoms with Crippen LogP contribution >= 0.6 is 15.9 Å². The molecule has 0 fully saturated rings. The van der Waals surface area contributed by atoms with Gasteiger partial charge in [-0.25, -0.2) is 0 Å². The molecule has 1 atom stereocenters. The molecule has 0 radical (unpaired) electrons. The lowest BCUT2D eigenvalue weighted by Gasteiger charge is -2.34. The van der Waals surface area contributed by atoms with Gasteiger partial charge in [0.2, 0.25) is 5.65 Å². The van der Waals surface area contributed by atoms with Crippen LogP contribution in [-0.2, 0) is 29.0 Å². The highest BCUT2D eigenvalue weighted by molar-refractivity contribution is 9.10. The average molecular weight is 418 g/mol. The van der Waals surface area contributed by atoms with Gasteiger partial charge in [-0.15, -0.1) is 10.2 Å². The molecule has 9 heteroatoms. The van der Waals surface area contributed by atoms with E-state index in [9.17, 15) is 9.59 Å². The first-order valence-corrected chi connectivity index (χ1v) is 8.86. The van der Waals surface area contributed by atoms with Crippen LogP contribution in [0.3, 0.4) is 0 Å². The number of hydrogen-bond acceptors (Lipinski definition) is 6. The Bertz CT molecular complexity index is 1040.